The van der Waals surface area contributed by atoms with Gasteiger partial charge in [-0.15, -0.1) is 10.2 Å². The van der Waals surface area contributed by atoms with Crippen molar-refractivity contribution >= 4 is 5.78 Å². The molecule has 0 saturated heterocycles. The van der Waals surface area contributed by atoms with E-state index in [4.69, 9.17) is 0 Å². The van der Waals surface area contributed by atoms with Crippen LogP contribution in [-0.4, -0.2) is 30.6 Å². The first-order valence-electron chi connectivity index (χ1n) is 6.32. The molecule has 21 heavy (non-hydrogen) atoms. The molecule has 2 aromatic heterocycles. The molecule has 0 aliphatic carbocycles. The summed E-state index contributed by atoms with van der Waals surface area (Å²) in [7, 11) is 1.79. The number of tetrazole rings is 1. The molecule has 0 N–H and O–H groups in total. The summed E-state index contributed by atoms with van der Waals surface area (Å²) in [6, 6.07) is 9.43. The van der Waals surface area contributed by atoms with E-state index in [1.165, 1.54) is 16.9 Å². The minimum absolute atomic E-state index is 0.0137. The number of benzene rings is 1. The number of carbonyl (C=O) groups excluding carboxylic acids is 1. The van der Waals surface area contributed by atoms with E-state index in [0.717, 1.165) is 0 Å². The highest BCUT2D eigenvalue weighted by atomic mass is 19.1. The fourth-order valence-electron chi connectivity index (χ4n) is 2.01. The molecule has 0 aliphatic heterocycles. The van der Waals surface area contributed by atoms with E-state index in [0.29, 0.717) is 11.3 Å². The molecule has 2 heterocycles. The van der Waals surface area contributed by atoms with Gasteiger partial charge in [0.25, 0.3) is 0 Å². The molecule has 0 radical (unpaired) electrons. The summed E-state index contributed by atoms with van der Waals surface area (Å²) in [5.41, 5.74) is 1.09. The molecular weight excluding hydrogens is 273 g/mol. The van der Waals surface area contributed by atoms with Crippen molar-refractivity contribution in [3.63, 3.8) is 0 Å². The molecule has 0 fully saturated rings. The van der Waals surface area contributed by atoms with Crippen LogP contribution in [0, 0.1) is 5.82 Å². The topological polar surface area (TPSA) is 65.6 Å². The predicted molar refractivity (Wildman–Crippen MR) is 73.0 cm³/mol. The minimum Gasteiger partial charge on any atom is -0.348 e. The van der Waals surface area contributed by atoms with Crippen LogP contribution in [0.15, 0.2) is 42.6 Å². The second-order valence-corrected chi connectivity index (χ2v) is 4.58. The molecule has 106 valence electrons. The second kappa shape index (κ2) is 5.28. The zero-order chi connectivity index (χ0) is 14.8. The van der Waals surface area contributed by atoms with Gasteiger partial charge in [0.15, 0.2) is 0 Å². The van der Waals surface area contributed by atoms with Crippen molar-refractivity contribution in [1.82, 2.24) is 24.8 Å². The van der Waals surface area contributed by atoms with Gasteiger partial charge in [-0.1, -0.05) is 12.1 Å². The molecule has 3 rings (SSSR count). The van der Waals surface area contributed by atoms with Gasteiger partial charge in [0.1, 0.15) is 12.4 Å². The molecule has 0 aliphatic rings. The summed E-state index contributed by atoms with van der Waals surface area (Å²) in [6.45, 7) is -0.0137. The highest BCUT2D eigenvalue weighted by molar-refractivity contribution is 5.94. The van der Waals surface area contributed by atoms with E-state index in [2.05, 4.69) is 15.4 Å². The highest BCUT2D eigenvalue weighted by Crippen LogP contribution is 2.14. The first kappa shape index (κ1) is 13.2. The van der Waals surface area contributed by atoms with Crippen molar-refractivity contribution in [3.8, 4) is 11.4 Å². The van der Waals surface area contributed by atoms with Crippen LogP contribution in [0.4, 0.5) is 4.39 Å². The molecule has 0 saturated carbocycles. The quantitative estimate of drug-likeness (QED) is 0.684. The number of halogens is 1. The lowest BCUT2D eigenvalue weighted by Gasteiger charge is -2.01. The van der Waals surface area contributed by atoms with Crippen LogP contribution >= 0.6 is 0 Å². The SMILES string of the molecule is Cn1cccc1C(=O)Cn1nnc(-c2cccc(F)c2)n1. The third kappa shape index (κ3) is 2.71. The van der Waals surface area contributed by atoms with Crippen LogP contribution in [0.25, 0.3) is 11.4 Å². The number of nitrogens with zero attached hydrogens (tertiary/aromatic N) is 5. The van der Waals surface area contributed by atoms with Crippen molar-refractivity contribution in [2.45, 2.75) is 6.54 Å². The molecule has 0 amide bonds. The van der Waals surface area contributed by atoms with Crippen molar-refractivity contribution in [2.75, 3.05) is 0 Å². The first-order valence-corrected chi connectivity index (χ1v) is 6.32. The third-order valence-corrected chi connectivity index (χ3v) is 3.05. The Morgan fingerprint density at radius 2 is 2.14 bits per heavy atom. The number of aryl methyl sites for hydroxylation is 1. The van der Waals surface area contributed by atoms with E-state index in [1.54, 1.807) is 42.1 Å². The number of hydrogen-bond acceptors (Lipinski definition) is 4. The van der Waals surface area contributed by atoms with Gasteiger partial charge in [-0.25, -0.2) is 4.39 Å². The Kier molecular flexibility index (Phi) is 3.31. The first-order chi connectivity index (χ1) is 10.1. The Balaban J connectivity index is 1.80. The smallest absolute Gasteiger partial charge is 0.205 e. The van der Waals surface area contributed by atoms with Crippen LogP contribution < -0.4 is 0 Å². The second-order valence-electron chi connectivity index (χ2n) is 4.58. The lowest BCUT2D eigenvalue weighted by atomic mass is 10.2. The number of Topliss-reactive ketones (excluding diaryl/α,β-unsaturated/α-hetero) is 1. The number of rotatable bonds is 4. The minimum atomic E-state index is -0.372. The molecule has 3 aromatic rings. The average molecular weight is 285 g/mol. The summed E-state index contributed by atoms with van der Waals surface area (Å²) < 4.78 is 14.9. The molecule has 1 aromatic carbocycles. The lowest BCUT2D eigenvalue weighted by molar-refractivity contribution is 0.0953. The standard InChI is InChI=1S/C14H12FN5O/c1-19-7-3-6-12(19)13(21)9-20-17-14(16-18-20)10-4-2-5-11(15)8-10/h2-8H,9H2,1H3. The number of ketones is 1. The number of aromatic nitrogens is 5. The summed E-state index contributed by atoms with van der Waals surface area (Å²) in [4.78, 5) is 13.3. The summed E-state index contributed by atoms with van der Waals surface area (Å²) in [6.07, 6.45) is 1.79. The van der Waals surface area contributed by atoms with Gasteiger partial charge >= 0.3 is 0 Å². The number of hydrogen-bond donors (Lipinski definition) is 0. The van der Waals surface area contributed by atoms with E-state index < -0.39 is 0 Å². The molecule has 6 nitrogen and oxygen atoms in total. The molecule has 0 spiro atoms. The Morgan fingerprint density at radius 1 is 1.29 bits per heavy atom. The summed E-state index contributed by atoms with van der Waals surface area (Å²) >= 11 is 0. The zero-order valence-electron chi connectivity index (χ0n) is 11.3. The maximum atomic E-state index is 13.2. The Morgan fingerprint density at radius 3 is 2.86 bits per heavy atom. The van der Waals surface area contributed by atoms with Gasteiger partial charge in [0.05, 0.1) is 5.69 Å². The Labute approximate surface area is 119 Å². The largest absolute Gasteiger partial charge is 0.348 e. The van der Waals surface area contributed by atoms with E-state index in [-0.39, 0.29) is 24.0 Å². The Bertz CT molecular complexity index is 792. The van der Waals surface area contributed by atoms with E-state index in [1.807, 2.05) is 0 Å². The van der Waals surface area contributed by atoms with Gasteiger partial charge in [-0.05, 0) is 29.5 Å². The van der Waals surface area contributed by atoms with Crippen LogP contribution in [0.1, 0.15) is 10.5 Å². The average Bonchev–Trinajstić information content (AvgIpc) is 3.08. The zero-order valence-corrected chi connectivity index (χ0v) is 11.3. The van der Waals surface area contributed by atoms with Gasteiger partial charge in [-0.3, -0.25) is 4.79 Å². The summed E-state index contributed by atoms with van der Waals surface area (Å²) in [5, 5.41) is 11.8. The van der Waals surface area contributed by atoms with Crippen LogP contribution in [0.3, 0.4) is 0 Å². The van der Waals surface area contributed by atoms with Crippen molar-refractivity contribution < 1.29 is 9.18 Å². The van der Waals surface area contributed by atoms with Crippen LogP contribution in [0.5, 0.6) is 0 Å². The maximum absolute atomic E-state index is 13.2. The van der Waals surface area contributed by atoms with Gasteiger partial charge in [-0.2, -0.15) is 4.80 Å². The Hall–Kier alpha value is -2.83. The number of carbonyl (C=O) groups is 1. The molecule has 7 heteroatoms. The van der Waals surface area contributed by atoms with Crippen molar-refractivity contribution in [3.05, 3.63) is 54.1 Å². The van der Waals surface area contributed by atoms with Crippen LogP contribution in [-0.2, 0) is 13.6 Å². The lowest BCUT2D eigenvalue weighted by Crippen LogP contribution is -2.15. The van der Waals surface area contributed by atoms with Crippen molar-refractivity contribution in [1.29, 1.82) is 0 Å². The third-order valence-electron chi connectivity index (χ3n) is 3.05. The van der Waals surface area contributed by atoms with E-state index >= 15 is 0 Å². The summed E-state index contributed by atoms with van der Waals surface area (Å²) in [5.74, 6) is -0.205. The van der Waals surface area contributed by atoms with Crippen LogP contribution in [0.2, 0.25) is 0 Å². The maximum Gasteiger partial charge on any atom is 0.205 e. The highest BCUT2D eigenvalue weighted by Gasteiger charge is 2.13. The van der Waals surface area contributed by atoms with Gasteiger partial charge in [0, 0.05) is 18.8 Å². The fourth-order valence-corrected chi connectivity index (χ4v) is 2.01. The fraction of sp³-hybridized carbons (Fsp3) is 0.143. The normalized spacial score (nSPS) is 10.8. The van der Waals surface area contributed by atoms with Gasteiger partial charge in [0.2, 0.25) is 11.6 Å². The monoisotopic (exact) mass is 285 g/mol. The molecular formula is C14H12FN5O. The molecule has 0 unspecified atom stereocenters. The van der Waals surface area contributed by atoms with Gasteiger partial charge < -0.3 is 4.57 Å². The van der Waals surface area contributed by atoms with Crippen molar-refractivity contribution in [2.24, 2.45) is 7.05 Å². The molecule has 0 atom stereocenters. The molecule has 0 bridgehead atoms. The van der Waals surface area contributed by atoms with E-state index in [9.17, 15) is 9.18 Å². The predicted octanol–water partition coefficient (Wildman–Crippen LogP) is 1.70.